The van der Waals surface area contributed by atoms with Crippen molar-refractivity contribution in [2.75, 3.05) is 11.9 Å². The average Bonchev–Trinajstić information content (AvgIpc) is 3.20. The number of rotatable bonds is 4. The summed E-state index contributed by atoms with van der Waals surface area (Å²) in [5.41, 5.74) is 1.47. The van der Waals surface area contributed by atoms with Gasteiger partial charge in [0, 0.05) is 29.9 Å². The van der Waals surface area contributed by atoms with Gasteiger partial charge in [0.2, 0.25) is 5.91 Å². The molecule has 1 atom stereocenters. The second kappa shape index (κ2) is 8.38. The summed E-state index contributed by atoms with van der Waals surface area (Å²) in [5.74, 6) is -5.07. The van der Waals surface area contributed by atoms with E-state index in [4.69, 9.17) is 4.74 Å². The Labute approximate surface area is 179 Å². The van der Waals surface area contributed by atoms with E-state index in [9.17, 15) is 22.8 Å². The third-order valence-corrected chi connectivity index (χ3v) is 5.48. The zero-order valence-electron chi connectivity index (χ0n) is 16.2. The molecule has 3 aromatic rings. The number of hydrogen-bond acceptors (Lipinski definition) is 5. The zero-order valence-corrected chi connectivity index (χ0v) is 17.0. The number of amides is 2. The molecule has 0 radical (unpaired) electrons. The minimum atomic E-state index is -1.71. The van der Waals surface area contributed by atoms with Crippen LogP contribution in [0.1, 0.15) is 35.3 Å². The van der Waals surface area contributed by atoms with E-state index in [1.54, 1.807) is 17.5 Å². The molecule has 0 saturated heterocycles. The molecule has 2 N–H and O–H groups in total. The Hall–Kier alpha value is -3.40. The van der Waals surface area contributed by atoms with Gasteiger partial charge < -0.3 is 10.1 Å². The van der Waals surface area contributed by atoms with Gasteiger partial charge in [-0.1, -0.05) is 0 Å². The quantitative estimate of drug-likeness (QED) is 0.580. The van der Waals surface area contributed by atoms with Gasteiger partial charge in [-0.05, 0) is 30.3 Å². The van der Waals surface area contributed by atoms with Crippen LogP contribution < -0.4 is 15.4 Å². The average molecular weight is 447 g/mol. The maximum absolute atomic E-state index is 13.8. The number of hydrogen-bond donors (Lipinski definition) is 2. The fraction of sp³-hybridized carbons (Fsp3) is 0.190. The Morgan fingerprint density at radius 2 is 1.97 bits per heavy atom. The number of ether oxygens (including phenoxy) is 1. The van der Waals surface area contributed by atoms with Crippen molar-refractivity contribution in [1.29, 1.82) is 0 Å². The molecule has 0 saturated carbocycles. The lowest BCUT2D eigenvalue weighted by molar-refractivity contribution is -0.119. The first-order valence-corrected chi connectivity index (χ1v) is 10.2. The largest absolute Gasteiger partial charge is 0.493 e. The maximum atomic E-state index is 13.8. The SMILES string of the molecule is CC(=O)NC1CCOc2ccc(-c3csc(NC(=O)c4ccc(F)c(F)c4F)n3)cc21. The monoisotopic (exact) mass is 447 g/mol. The van der Waals surface area contributed by atoms with Crippen molar-refractivity contribution >= 4 is 28.3 Å². The third kappa shape index (κ3) is 4.24. The van der Waals surface area contributed by atoms with Crippen molar-refractivity contribution in [3.8, 4) is 17.0 Å². The van der Waals surface area contributed by atoms with E-state index in [1.165, 1.54) is 6.92 Å². The summed E-state index contributed by atoms with van der Waals surface area (Å²) in [4.78, 5) is 28.1. The number of carbonyl (C=O) groups excluding carboxylic acids is 2. The van der Waals surface area contributed by atoms with Crippen LogP contribution in [-0.2, 0) is 4.79 Å². The fourth-order valence-corrected chi connectivity index (χ4v) is 3.99. The van der Waals surface area contributed by atoms with Crippen molar-refractivity contribution < 1.29 is 27.5 Å². The zero-order chi connectivity index (χ0) is 22.1. The minimum Gasteiger partial charge on any atom is -0.493 e. The van der Waals surface area contributed by atoms with E-state index >= 15 is 0 Å². The Morgan fingerprint density at radius 1 is 1.16 bits per heavy atom. The Balaban J connectivity index is 1.56. The van der Waals surface area contributed by atoms with E-state index in [-0.39, 0.29) is 17.1 Å². The van der Waals surface area contributed by atoms with Gasteiger partial charge in [0.1, 0.15) is 5.75 Å². The van der Waals surface area contributed by atoms with Gasteiger partial charge >= 0.3 is 0 Å². The molecule has 160 valence electrons. The highest BCUT2D eigenvalue weighted by Gasteiger charge is 2.24. The van der Waals surface area contributed by atoms with Crippen molar-refractivity contribution in [3.05, 3.63) is 64.3 Å². The first-order valence-electron chi connectivity index (χ1n) is 9.28. The van der Waals surface area contributed by atoms with Gasteiger partial charge in [0.15, 0.2) is 22.6 Å². The van der Waals surface area contributed by atoms with Crippen LogP contribution in [0.2, 0.25) is 0 Å². The van der Waals surface area contributed by atoms with Gasteiger partial charge in [0.25, 0.3) is 5.91 Å². The topological polar surface area (TPSA) is 80.3 Å². The third-order valence-electron chi connectivity index (χ3n) is 4.73. The molecule has 6 nitrogen and oxygen atoms in total. The van der Waals surface area contributed by atoms with Gasteiger partial charge in [0.05, 0.1) is 23.9 Å². The molecular weight excluding hydrogens is 431 g/mol. The molecule has 1 aromatic heterocycles. The first-order chi connectivity index (χ1) is 14.8. The molecule has 31 heavy (non-hydrogen) atoms. The van der Waals surface area contributed by atoms with Gasteiger partial charge in [-0.15, -0.1) is 11.3 Å². The smallest absolute Gasteiger partial charge is 0.260 e. The van der Waals surface area contributed by atoms with E-state index in [0.717, 1.165) is 28.5 Å². The predicted octanol–water partition coefficient (Wildman–Crippen LogP) is 4.44. The van der Waals surface area contributed by atoms with Gasteiger partial charge in [-0.3, -0.25) is 14.9 Å². The normalized spacial score (nSPS) is 15.0. The summed E-state index contributed by atoms with van der Waals surface area (Å²) in [6.45, 7) is 1.94. The second-order valence-electron chi connectivity index (χ2n) is 6.86. The Kier molecular flexibility index (Phi) is 5.64. The highest BCUT2D eigenvalue weighted by molar-refractivity contribution is 7.14. The molecule has 0 fully saturated rings. The molecule has 4 rings (SSSR count). The van der Waals surface area contributed by atoms with E-state index < -0.39 is 28.9 Å². The van der Waals surface area contributed by atoms with Crippen LogP contribution in [0, 0.1) is 17.5 Å². The van der Waals surface area contributed by atoms with Crippen LogP contribution in [0.15, 0.2) is 35.7 Å². The molecule has 2 heterocycles. The van der Waals surface area contributed by atoms with Crippen molar-refractivity contribution in [1.82, 2.24) is 10.3 Å². The number of carbonyl (C=O) groups is 2. The molecule has 0 spiro atoms. The van der Waals surface area contributed by atoms with Crippen molar-refractivity contribution in [2.45, 2.75) is 19.4 Å². The second-order valence-corrected chi connectivity index (χ2v) is 7.72. The number of fused-ring (bicyclic) bond motifs is 1. The summed E-state index contributed by atoms with van der Waals surface area (Å²) in [5, 5.41) is 7.14. The molecule has 10 heteroatoms. The van der Waals surface area contributed by atoms with E-state index in [2.05, 4.69) is 15.6 Å². The molecule has 0 bridgehead atoms. The molecule has 1 aliphatic heterocycles. The molecule has 0 aliphatic carbocycles. The van der Waals surface area contributed by atoms with E-state index in [0.29, 0.717) is 30.5 Å². The lowest BCUT2D eigenvalue weighted by Gasteiger charge is -2.26. The Morgan fingerprint density at radius 3 is 2.74 bits per heavy atom. The number of nitrogens with one attached hydrogen (secondary N) is 2. The number of nitrogens with zero attached hydrogens (tertiary/aromatic N) is 1. The number of benzene rings is 2. The fourth-order valence-electron chi connectivity index (χ4n) is 3.28. The summed E-state index contributed by atoms with van der Waals surface area (Å²) >= 11 is 1.10. The van der Waals surface area contributed by atoms with Crippen LogP contribution in [0.3, 0.4) is 0 Å². The maximum Gasteiger partial charge on any atom is 0.260 e. The lowest BCUT2D eigenvalue weighted by atomic mass is 9.97. The Bertz CT molecular complexity index is 1180. The van der Waals surface area contributed by atoms with Gasteiger partial charge in [-0.2, -0.15) is 0 Å². The molecule has 2 amide bonds. The van der Waals surface area contributed by atoms with Crippen LogP contribution in [0.25, 0.3) is 11.3 Å². The van der Waals surface area contributed by atoms with Crippen LogP contribution >= 0.6 is 11.3 Å². The summed E-state index contributed by atoms with van der Waals surface area (Å²) in [7, 11) is 0. The lowest BCUT2D eigenvalue weighted by Crippen LogP contribution is -2.30. The van der Waals surface area contributed by atoms with Crippen LogP contribution in [0.4, 0.5) is 18.3 Å². The highest BCUT2D eigenvalue weighted by atomic mass is 32.1. The first kappa shape index (κ1) is 20.9. The van der Waals surface area contributed by atoms with E-state index in [1.807, 2.05) is 6.07 Å². The number of aromatic nitrogens is 1. The number of halogens is 3. The summed E-state index contributed by atoms with van der Waals surface area (Å²) in [6, 6.07) is 6.79. The molecule has 2 aromatic carbocycles. The predicted molar refractivity (Wildman–Crippen MR) is 108 cm³/mol. The number of anilines is 1. The van der Waals surface area contributed by atoms with Crippen LogP contribution in [0.5, 0.6) is 5.75 Å². The number of thiazole rings is 1. The van der Waals surface area contributed by atoms with Gasteiger partial charge in [-0.25, -0.2) is 18.2 Å². The minimum absolute atomic E-state index is 0.147. The highest BCUT2D eigenvalue weighted by Crippen LogP contribution is 2.36. The standard InChI is InChI=1S/C21H16F3N3O3S/c1-10(28)25-15-6-7-30-17-5-2-11(8-13(15)17)16-9-31-21(26-16)27-20(29)12-3-4-14(22)19(24)18(12)23/h2-5,8-9,15H,6-7H2,1H3,(H,25,28)(H,26,27,29). The summed E-state index contributed by atoms with van der Waals surface area (Å²) in [6.07, 6.45) is 0.633. The van der Waals surface area contributed by atoms with Crippen LogP contribution in [-0.4, -0.2) is 23.4 Å². The molecular formula is C21H16F3N3O3S. The molecule has 1 unspecified atom stereocenters. The van der Waals surface area contributed by atoms with Crippen molar-refractivity contribution in [3.63, 3.8) is 0 Å². The molecule has 1 aliphatic rings. The summed E-state index contributed by atoms with van der Waals surface area (Å²) < 4.78 is 45.9. The van der Waals surface area contributed by atoms with Crippen molar-refractivity contribution in [2.24, 2.45) is 0 Å².